The van der Waals surface area contributed by atoms with E-state index in [2.05, 4.69) is 11.9 Å². The van der Waals surface area contributed by atoms with E-state index in [1.807, 2.05) is 0 Å². The smallest absolute Gasteiger partial charge is 0.417 e. The fourth-order valence-corrected chi connectivity index (χ4v) is 3.24. The van der Waals surface area contributed by atoms with Gasteiger partial charge in [0.2, 0.25) is 0 Å². The van der Waals surface area contributed by atoms with Crippen molar-refractivity contribution in [2.45, 2.75) is 33.0 Å². The SMILES string of the molecule is C=C(C)/C(CC(=O)O)=C(/C)N(N)Cc1ccc(C(=O)Nc2ccc(Cl)c(C(F)(F)F)c2)cc1. The van der Waals surface area contributed by atoms with Crippen molar-refractivity contribution in [2.24, 2.45) is 5.84 Å². The fraction of sp³-hybridized carbons (Fsp3) is 0.217. The van der Waals surface area contributed by atoms with Crippen molar-refractivity contribution < 1.29 is 27.9 Å². The molecule has 0 atom stereocenters. The third-order valence-corrected chi connectivity index (χ3v) is 5.14. The van der Waals surface area contributed by atoms with Crippen molar-refractivity contribution in [3.8, 4) is 0 Å². The zero-order valence-corrected chi connectivity index (χ0v) is 18.7. The van der Waals surface area contributed by atoms with Gasteiger partial charge in [-0.2, -0.15) is 13.2 Å². The minimum atomic E-state index is -4.64. The van der Waals surface area contributed by atoms with Crippen LogP contribution in [0.5, 0.6) is 0 Å². The molecule has 0 saturated carbocycles. The molecule has 0 aliphatic heterocycles. The van der Waals surface area contributed by atoms with E-state index >= 15 is 0 Å². The number of benzene rings is 2. The quantitative estimate of drug-likeness (QED) is 0.259. The summed E-state index contributed by atoms with van der Waals surface area (Å²) in [6.07, 6.45) is -4.86. The molecule has 10 heteroatoms. The number of hydrogen-bond donors (Lipinski definition) is 3. The molecule has 2 rings (SSSR count). The normalized spacial score (nSPS) is 12.1. The Morgan fingerprint density at radius 2 is 1.76 bits per heavy atom. The number of halogens is 4. The maximum Gasteiger partial charge on any atom is 0.417 e. The maximum absolute atomic E-state index is 13.0. The average molecular weight is 482 g/mol. The van der Waals surface area contributed by atoms with Gasteiger partial charge < -0.3 is 15.4 Å². The monoisotopic (exact) mass is 481 g/mol. The van der Waals surface area contributed by atoms with Gasteiger partial charge in [-0.1, -0.05) is 35.9 Å². The van der Waals surface area contributed by atoms with Gasteiger partial charge in [-0.25, -0.2) is 5.84 Å². The number of alkyl halides is 3. The molecule has 4 N–H and O–H groups in total. The summed E-state index contributed by atoms with van der Waals surface area (Å²) in [5.41, 5.74) is 1.54. The molecule has 0 bridgehead atoms. The van der Waals surface area contributed by atoms with Crippen LogP contribution < -0.4 is 11.2 Å². The van der Waals surface area contributed by atoms with Crippen molar-refractivity contribution in [3.05, 3.63) is 87.6 Å². The number of carboxylic acids is 1. The largest absolute Gasteiger partial charge is 0.481 e. The first-order chi connectivity index (χ1) is 15.3. The molecular formula is C23H23ClF3N3O3. The van der Waals surface area contributed by atoms with Gasteiger partial charge in [-0.05, 0) is 55.3 Å². The molecule has 1 amide bonds. The molecule has 0 saturated heterocycles. The van der Waals surface area contributed by atoms with E-state index in [1.54, 1.807) is 26.0 Å². The topological polar surface area (TPSA) is 95.7 Å². The number of hydrazine groups is 1. The molecule has 176 valence electrons. The Morgan fingerprint density at radius 1 is 1.15 bits per heavy atom. The molecule has 33 heavy (non-hydrogen) atoms. The van der Waals surface area contributed by atoms with E-state index in [0.29, 0.717) is 16.8 Å². The lowest BCUT2D eigenvalue weighted by Crippen LogP contribution is -2.30. The Kier molecular flexibility index (Phi) is 8.29. The predicted molar refractivity (Wildman–Crippen MR) is 120 cm³/mol. The number of allylic oxidation sites excluding steroid dienone is 2. The van der Waals surface area contributed by atoms with Gasteiger partial charge in [0.05, 0.1) is 23.6 Å². The van der Waals surface area contributed by atoms with Crippen molar-refractivity contribution in [3.63, 3.8) is 0 Å². The van der Waals surface area contributed by atoms with Crippen molar-refractivity contribution >= 4 is 29.2 Å². The number of aliphatic carboxylic acids is 1. The molecule has 2 aromatic carbocycles. The highest BCUT2D eigenvalue weighted by Crippen LogP contribution is 2.36. The lowest BCUT2D eigenvalue weighted by molar-refractivity contribution is -0.137. The number of rotatable bonds is 8. The second-order valence-electron chi connectivity index (χ2n) is 7.39. The molecule has 0 unspecified atom stereocenters. The summed E-state index contributed by atoms with van der Waals surface area (Å²) in [6, 6.07) is 9.42. The summed E-state index contributed by atoms with van der Waals surface area (Å²) < 4.78 is 39.0. The minimum absolute atomic E-state index is 0.0412. The number of nitrogens with one attached hydrogen (secondary N) is 1. The van der Waals surface area contributed by atoms with Gasteiger partial charge in [0.1, 0.15) is 0 Å². The predicted octanol–water partition coefficient (Wildman–Crippen LogP) is 5.61. The number of anilines is 1. The third-order valence-electron chi connectivity index (χ3n) is 4.81. The molecule has 0 aliphatic rings. The lowest BCUT2D eigenvalue weighted by atomic mass is 10.0. The second kappa shape index (κ2) is 10.5. The molecule has 0 aliphatic carbocycles. The highest BCUT2D eigenvalue weighted by molar-refractivity contribution is 6.31. The van der Waals surface area contributed by atoms with Crippen LogP contribution in [0.15, 0.2) is 65.9 Å². The molecule has 0 fully saturated rings. The van der Waals surface area contributed by atoms with Gasteiger partial charge in [0.15, 0.2) is 0 Å². The maximum atomic E-state index is 13.0. The lowest BCUT2D eigenvalue weighted by Gasteiger charge is -2.23. The van der Waals surface area contributed by atoms with E-state index in [9.17, 15) is 22.8 Å². The third kappa shape index (κ3) is 7.10. The van der Waals surface area contributed by atoms with Gasteiger partial charge in [0, 0.05) is 16.9 Å². The van der Waals surface area contributed by atoms with Crippen LogP contribution in [0.4, 0.5) is 18.9 Å². The van der Waals surface area contributed by atoms with Gasteiger partial charge in [0.25, 0.3) is 5.91 Å². The Bertz CT molecular complexity index is 1100. The average Bonchev–Trinajstić information content (AvgIpc) is 2.72. The molecule has 0 aromatic heterocycles. The molecule has 0 spiro atoms. The van der Waals surface area contributed by atoms with Crippen molar-refractivity contribution in [1.29, 1.82) is 0 Å². The van der Waals surface area contributed by atoms with Crippen LogP contribution in [-0.4, -0.2) is 22.0 Å². The van der Waals surface area contributed by atoms with Crippen LogP contribution in [0.2, 0.25) is 5.02 Å². The Labute approximate surface area is 194 Å². The van der Waals surface area contributed by atoms with Crippen LogP contribution in [-0.2, 0) is 17.5 Å². The van der Waals surface area contributed by atoms with E-state index in [-0.39, 0.29) is 24.2 Å². The van der Waals surface area contributed by atoms with E-state index in [4.69, 9.17) is 22.6 Å². The molecule has 0 radical (unpaired) electrons. The first-order valence-corrected chi connectivity index (χ1v) is 10.0. The van der Waals surface area contributed by atoms with E-state index in [1.165, 1.54) is 23.2 Å². The summed E-state index contributed by atoms with van der Waals surface area (Å²) in [4.78, 5) is 23.5. The molecule has 0 heterocycles. The summed E-state index contributed by atoms with van der Waals surface area (Å²) in [6.45, 7) is 7.41. The van der Waals surface area contributed by atoms with E-state index < -0.39 is 28.6 Å². The zero-order valence-electron chi connectivity index (χ0n) is 18.0. The number of carbonyl (C=O) groups excluding carboxylic acids is 1. The van der Waals surface area contributed by atoms with Gasteiger partial charge in [-0.15, -0.1) is 0 Å². The molecular weight excluding hydrogens is 459 g/mol. The second-order valence-corrected chi connectivity index (χ2v) is 7.79. The van der Waals surface area contributed by atoms with Crippen molar-refractivity contribution in [2.75, 3.05) is 5.32 Å². The summed E-state index contributed by atoms with van der Waals surface area (Å²) in [5.74, 6) is 4.49. The van der Waals surface area contributed by atoms with Crippen LogP contribution in [0.3, 0.4) is 0 Å². The standard InChI is InChI=1S/C23H23ClF3N3O3/c1-13(2)18(11-21(31)32)14(3)30(28)12-15-4-6-16(7-5-15)22(33)29-17-8-9-20(24)19(10-17)23(25,26)27/h4-10H,1,11-12,28H2,2-3H3,(H,29,33)(H,31,32)/b18-14-. The zero-order chi connectivity index (χ0) is 24.9. The minimum Gasteiger partial charge on any atom is -0.481 e. The number of hydrogen-bond acceptors (Lipinski definition) is 4. The van der Waals surface area contributed by atoms with Crippen molar-refractivity contribution in [1.82, 2.24) is 5.01 Å². The van der Waals surface area contributed by atoms with Gasteiger partial charge >= 0.3 is 12.1 Å². The molecule has 2 aromatic rings. The van der Waals surface area contributed by atoms with Crippen LogP contribution in [0.1, 0.15) is 41.8 Å². The Morgan fingerprint density at radius 3 is 2.27 bits per heavy atom. The summed E-state index contributed by atoms with van der Waals surface area (Å²) >= 11 is 5.59. The number of nitrogens with zero attached hydrogens (tertiary/aromatic N) is 1. The number of amides is 1. The number of nitrogens with two attached hydrogens (primary N) is 1. The van der Waals surface area contributed by atoms with E-state index in [0.717, 1.165) is 17.7 Å². The summed E-state index contributed by atoms with van der Waals surface area (Å²) in [5, 5.41) is 12.4. The van der Waals surface area contributed by atoms with Crippen LogP contribution >= 0.6 is 11.6 Å². The molecule has 6 nitrogen and oxygen atoms in total. The number of carboxylic acid groups (broad SMARTS) is 1. The first-order valence-electron chi connectivity index (χ1n) is 9.66. The Hall–Kier alpha value is -3.30. The van der Waals surface area contributed by atoms with Crippen LogP contribution in [0, 0.1) is 0 Å². The fourth-order valence-electron chi connectivity index (χ4n) is 3.01. The van der Waals surface area contributed by atoms with Crippen LogP contribution in [0.25, 0.3) is 0 Å². The first kappa shape index (κ1) is 26.0. The summed E-state index contributed by atoms with van der Waals surface area (Å²) in [7, 11) is 0. The Balaban J connectivity index is 2.13. The van der Waals surface area contributed by atoms with Gasteiger partial charge in [-0.3, -0.25) is 9.59 Å². The number of carbonyl (C=O) groups is 2. The highest BCUT2D eigenvalue weighted by atomic mass is 35.5. The highest BCUT2D eigenvalue weighted by Gasteiger charge is 2.33.